The van der Waals surface area contributed by atoms with Crippen LogP contribution in [-0.4, -0.2) is 14.9 Å². The fourth-order valence-electron chi connectivity index (χ4n) is 4.85. The molecule has 0 unspecified atom stereocenters. The molecule has 2 aliphatic rings. The Morgan fingerprint density at radius 2 is 2.11 bits per heavy atom. The molecule has 1 saturated carbocycles. The van der Waals surface area contributed by atoms with Gasteiger partial charge in [-0.1, -0.05) is 12.5 Å². The zero-order chi connectivity index (χ0) is 18.6. The van der Waals surface area contributed by atoms with Crippen LogP contribution in [0.1, 0.15) is 42.7 Å². The molecule has 5 heteroatoms. The maximum absolute atomic E-state index is 13.3. The predicted octanol–water partition coefficient (Wildman–Crippen LogP) is 5.16. The molecule has 1 N–H and O–H groups in total. The smallest absolute Gasteiger partial charge is 0.123 e. The molecule has 0 saturated heterocycles. The fraction of sp³-hybridized carbons (Fsp3) is 0.318. The quantitative estimate of drug-likeness (QED) is 0.681. The van der Waals surface area contributed by atoms with Gasteiger partial charge in [-0.3, -0.25) is 0 Å². The number of aliphatic hydroxyl groups excluding tert-OH is 1. The highest BCUT2D eigenvalue weighted by Crippen LogP contribution is 2.56. The largest absolute Gasteiger partial charge is 0.388 e. The Kier molecular flexibility index (Phi) is 3.85. The summed E-state index contributed by atoms with van der Waals surface area (Å²) in [5.74, 6) is -0.0348. The third-order valence-electron chi connectivity index (χ3n) is 6.37. The molecule has 1 aromatic carbocycles. The summed E-state index contributed by atoms with van der Waals surface area (Å²) >= 11 is 1.63. The van der Waals surface area contributed by atoms with Crippen molar-refractivity contribution >= 4 is 17.4 Å². The minimum absolute atomic E-state index is 0.0506. The van der Waals surface area contributed by atoms with Gasteiger partial charge in [0.05, 0.1) is 23.7 Å². The molecule has 0 spiro atoms. The molecule has 138 valence electrons. The topological polar surface area (TPSA) is 38.0 Å². The summed E-state index contributed by atoms with van der Waals surface area (Å²) in [5.41, 5.74) is 5.50. The van der Waals surface area contributed by atoms with Crippen LogP contribution in [-0.2, 0) is 6.42 Å². The molecule has 0 bridgehead atoms. The van der Waals surface area contributed by atoms with E-state index in [4.69, 9.17) is 0 Å². The van der Waals surface area contributed by atoms with Crippen molar-refractivity contribution in [3.05, 3.63) is 75.5 Å². The van der Waals surface area contributed by atoms with Crippen LogP contribution < -0.4 is 0 Å². The summed E-state index contributed by atoms with van der Waals surface area (Å²) in [5, 5.41) is 19.6. The monoisotopic (exact) mass is 380 g/mol. The molecule has 27 heavy (non-hydrogen) atoms. The molecule has 5 rings (SSSR count). The van der Waals surface area contributed by atoms with Crippen LogP contribution in [0.15, 0.2) is 52.9 Å². The minimum Gasteiger partial charge on any atom is -0.388 e. The molecule has 0 aliphatic heterocycles. The Labute approximate surface area is 161 Å². The molecular weight excluding hydrogens is 359 g/mol. The molecule has 3 aromatic rings. The van der Waals surface area contributed by atoms with Crippen LogP contribution in [0.25, 0.3) is 11.8 Å². The summed E-state index contributed by atoms with van der Waals surface area (Å²) in [6.45, 7) is 2.28. The lowest BCUT2D eigenvalue weighted by molar-refractivity contribution is 0.0559. The zero-order valence-corrected chi connectivity index (χ0v) is 15.9. The standard InChI is InChI=1S/C22H21FN2OS/c1-22-11-15-12-24-25(18-5-3-17(23)4-6-18)20(15)10-16(22)2-7-19(22)21(26)14-8-9-27-13-14/h3-6,8-10,12-13,19,21,26H,2,7,11H2,1H3/t19-,21-,22+/m1/s1. The summed E-state index contributed by atoms with van der Waals surface area (Å²) in [6.07, 6.45) is 6.60. The van der Waals surface area contributed by atoms with Crippen molar-refractivity contribution in [3.8, 4) is 5.69 Å². The van der Waals surface area contributed by atoms with Gasteiger partial charge in [-0.15, -0.1) is 0 Å². The molecule has 2 aliphatic carbocycles. The second-order valence-corrected chi connectivity index (χ2v) is 8.63. The lowest BCUT2D eigenvalue weighted by Crippen LogP contribution is -2.32. The maximum Gasteiger partial charge on any atom is 0.123 e. The SMILES string of the molecule is C[C@]12Cc3cnn(-c4ccc(F)cc4)c3C=C1CC[C@@H]2[C@H](O)c1ccsc1. The van der Waals surface area contributed by atoms with E-state index in [9.17, 15) is 9.50 Å². The summed E-state index contributed by atoms with van der Waals surface area (Å²) in [7, 11) is 0. The van der Waals surface area contributed by atoms with Crippen molar-refractivity contribution in [1.82, 2.24) is 9.78 Å². The van der Waals surface area contributed by atoms with Gasteiger partial charge in [0.2, 0.25) is 0 Å². The number of nitrogens with zero attached hydrogens (tertiary/aromatic N) is 2. The molecule has 2 aromatic heterocycles. The van der Waals surface area contributed by atoms with Gasteiger partial charge in [0.1, 0.15) is 5.82 Å². The van der Waals surface area contributed by atoms with Gasteiger partial charge in [-0.05, 0) is 88.9 Å². The first-order valence-electron chi connectivity index (χ1n) is 9.30. The van der Waals surface area contributed by atoms with Crippen LogP contribution in [0.5, 0.6) is 0 Å². The third-order valence-corrected chi connectivity index (χ3v) is 7.07. The number of hydrogen-bond acceptors (Lipinski definition) is 3. The van der Waals surface area contributed by atoms with Crippen molar-refractivity contribution in [2.24, 2.45) is 11.3 Å². The van der Waals surface area contributed by atoms with Gasteiger partial charge < -0.3 is 5.11 Å². The van der Waals surface area contributed by atoms with Crippen LogP contribution >= 0.6 is 11.3 Å². The molecule has 3 atom stereocenters. The lowest BCUT2D eigenvalue weighted by Gasteiger charge is -2.38. The number of halogens is 1. The van der Waals surface area contributed by atoms with E-state index in [0.29, 0.717) is 0 Å². The number of benzene rings is 1. The highest BCUT2D eigenvalue weighted by Gasteiger charge is 2.48. The number of aliphatic hydroxyl groups is 1. The highest BCUT2D eigenvalue weighted by molar-refractivity contribution is 7.07. The number of fused-ring (bicyclic) bond motifs is 2. The van der Waals surface area contributed by atoms with E-state index in [0.717, 1.165) is 36.2 Å². The minimum atomic E-state index is -0.430. The van der Waals surface area contributed by atoms with Crippen molar-refractivity contribution in [2.45, 2.75) is 32.3 Å². The van der Waals surface area contributed by atoms with Crippen LogP contribution in [0.4, 0.5) is 4.39 Å². The second-order valence-electron chi connectivity index (χ2n) is 7.85. The predicted molar refractivity (Wildman–Crippen MR) is 105 cm³/mol. The number of aromatic nitrogens is 2. The normalized spacial score (nSPS) is 25.0. The second kappa shape index (κ2) is 6.14. The fourth-order valence-corrected chi connectivity index (χ4v) is 5.54. The first-order valence-corrected chi connectivity index (χ1v) is 10.2. The Hall–Kier alpha value is -2.24. The lowest BCUT2D eigenvalue weighted by atomic mass is 9.67. The average molecular weight is 380 g/mol. The first-order chi connectivity index (χ1) is 13.1. The zero-order valence-electron chi connectivity index (χ0n) is 15.1. The number of thiophene rings is 1. The number of hydrogen-bond donors (Lipinski definition) is 1. The van der Waals surface area contributed by atoms with E-state index < -0.39 is 6.10 Å². The van der Waals surface area contributed by atoms with Crippen LogP contribution in [0.3, 0.4) is 0 Å². The molecular formula is C22H21FN2OS. The summed E-state index contributed by atoms with van der Waals surface area (Å²) in [6, 6.07) is 8.47. The summed E-state index contributed by atoms with van der Waals surface area (Å²) in [4.78, 5) is 0. The van der Waals surface area contributed by atoms with Gasteiger partial charge in [-0.2, -0.15) is 16.4 Å². The number of allylic oxidation sites excluding steroid dienone is 1. The highest BCUT2D eigenvalue weighted by atomic mass is 32.1. The van der Waals surface area contributed by atoms with E-state index in [1.54, 1.807) is 23.5 Å². The Morgan fingerprint density at radius 1 is 1.30 bits per heavy atom. The Balaban J connectivity index is 1.52. The van der Waals surface area contributed by atoms with Gasteiger partial charge in [-0.25, -0.2) is 9.07 Å². The first kappa shape index (κ1) is 16.9. The molecule has 0 radical (unpaired) electrons. The van der Waals surface area contributed by atoms with E-state index in [2.05, 4.69) is 23.5 Å². The average Bonchev–Trinajstić information content (AvgIpc) is 3.38. The molecule has 2 heterocycles. The van der Waals surface area contributed by atoms with E-state index in [1.807, 2.05) is 22.3 Å². The van der Waals surface area contributed by atoms with Crippen molar-refractivity contribution in [2.75, 3.05) is 0 Å². The van der Waals surface area contributed by atoms with E-state index in [-0.39, 0.29) is 17.2 Å². The maximum atomic E-state index is 13.3. The van der Waals surface area contributed by atoms with E-state index >= 15 is 0 Å². The van der Waals surface area contributed by atoms with E-state index in [1.165, 1.54) is 23.3 Å². The Morgan fingerprint density at radius 3 is 2.85 bits per heavy atom. The van der Waals surface area contributed by atoms with Gasteiger partial charge >= 0.3 is 0 Å². The molecule has 3 nitrogen and oxygen atoms in total. The van der Waals surface area contributed by atoms with Crippen molar-refractivity contribution in [3.63, 3.8) is 0 Å². The van der Waals surface area contributed by atoms with Crippen LogP contribution in [0.2, 0.25) is 0 Å². The molecule has 0 amide bonds. The van der Waals surface area contributed by atoms with Gasteiger partial charge in [0.25, 0.3) is 0 Å². The molecule has 1 fully saturated rings. The van der Waals surface area contributed by atoms with Crippen LogP contribution in [0, 0.1) is 17.2 Å². The van der Waals surface area contributed by atoms with Gasteiger partial charge in [0, 0.05) is 0 Å². The third kappa shape index (κ3) is 2.60. The Bertz CT molecular complexity index is 1010. The van der Waals surface area contributed by atoms with Gasteiger partial charge in [0.15, 0.2) is 0 Å². The number of rotatable bonds is 3. The van der Waals surface area contributed by atoms with Crippen molar-refractivity contribution in [1.29, 1.82) is 0 Å². The summed E-state index contributed by atoms with van der Waals surface area (Å²) < 4.78 is 15.2. The van der Waals surface area contributed by atoms with Crippen molar-refractivity contribution < 1.29 is 9.50 Å².